The van der Waals surface area contributed by atoms with Gasteiger partial charge < -0.3 is 14.8 Å². The largest absolute Gasteiger partial charge is 0.449 e. The van der Waals surface area contributed by atoms with E-state index in [0.717, 1.165) is 4.90 Å². The molecule has 1 aromatic carbocycles. The molecule has 27 heavy (non-hydrogen) atoms. The first-order chi connectivity index (χ1) is 12.7. The number of nitrogens with one attached hydrogen (secondary N) is 1. The Morgan fingerprint density at radius 3 is 2.33 bits per heavy atom. The molecule has 1 aliphatic rings. The Morgan fingerprint density at radius 2 is 1.74 bits per heavy atom. The van der Waals surface area contributed by atoms with E-state index in [4.69, 9.17) is 0 Å². The number of carbonyl (C=O) groups is 1. The van der Waals surface area contributed by atoms with E-state index in [9.17, 15) is 31.1 Å². The second-order valence-electron chi connectivity index (χ2n) is 6.09. The van der Waals surface area contributed by atoms with Gasteiger partial charge in [-0.1, -0.05) is 12.1 Å². The van der Waals surface area contributed by atoms with Gasteiger partial charge in [0.25, 0.3) is 6.43 Å². The fourth-order valence-corrected chi connectivity index (χ4v) is 3.13. The van der Waals surface area contributed by atoms with Gasteiger partial charge in [0.2, 0.25) is 11.7 Å². The highest BCUT2D eigenvalue weighted by atomic mass is 19.4. The molecule has 2 heterocycles. The molecule has 2 unspecified atom stereocenters. The number of para-hydroxylation sites is 2. The average Bonchev–Trinajstić information content (AvgIpc) is 3.02. The van der Waals surface area contributed by atoms with Crippen molar-refractivity contribution in [1.82, 2.24) is 19.8 Å². The summed E-state index contributed by atoms with van der Waals surface area (Å²) in [4.78, 5) is 17.3. The van der Waals surface area contributed by atoms with Crippen molar-refractivity contribution in [3.8, 4) is 0 Å². The summed E-state index contributed by atoms with van der Waals surface area (Å²) in [5.41, 5.74) is -0.397. The minimum atomic E-state index is -5.05. The number of nitrogens with zero attached hydrogens (tertiary/aromatic N) is 3. The molecule has 1 N–H and O–H groups in total. The van der Waals surface area contributed by atoms with Gasteiger partial charge in [0.1, 0.15) is 0 Å². The van der Waals surface area contributed by atoms with Crippen LogP contribution in [0.4, 0.5) is 26.3 Å². The zero-order valence-electron chi connectivity index (χ0n) is 13.9. The number of fused-ring (bicyclic) bond motifs is 1. The van der Waals surface area contributed by atoms with E-state index in [1.807, 2.05) is 0 Å². The lowest BCUT2D eigenvalue weighted by atomic mass is 10.1. The summed E-state index contributed by atoms with van der Waals surface area (Å²) in [5, 5.41) is 2.93. The molecule has 1 fully saturated rings. The number of carbonyl (C=O) groups excluding carboxylic acids is 1. The molecule has 11 heteroatoms. The molecule has 1 aromatic heterocycles. The second-order valence-corrected chi connectivity index (χ2v) is 6.09. The number of hydrogen-bond acceptors (Lipinski definition) is 3. The van der Waals surface area contributed by atoms with Gasteiger partial charge in [-0.25, -0.2) is 18.2 Å². The van der Waals surface area contributed by atoms with Crippen molar-refractivity contribution < 1.29 is 31.1 Å². The normalized spacial score (nSPS) is 18.1. The molecule has 0 radical (unpaired) electrons. The molecule has 0 saturated carbocycles. The molecular weight excluding hydrogens is 378 g/mol. The third-order valence-corrected chi connectivity index (χ3v) is 4.35. The maximum Gasteiger partial charge on any atom is 0.449 e. The minimum Gasteiger partial charge on any atom is -0.338 e. The van der Waals surface area contributed by atoms with Gasteiger partial charge in [-0.05, 0) is 12.1 Å². The molecule has 0 aliphatic carbocycles. The van der Waals surface area contributed by atoms with E-state index >= 15 is 0 Å². The first-order valence-electron chi connectivity index (χ1n) is 8.17. The van der Waals surface area contributed by atoms with Gasteiger partial charge >= 0.3 is 6.18 Å². The van der Waals surface area contributed by atoms with Crippen molar-refractivity contribution in [2.24, 2.45) is 0 Å². The van der Waals surface area contributed by atoms with Gasteiger partial charge in [0.05, 0.1) is 11.0 Å². The van der Waals surface area contributed by atoms with E-state index in [-0.39, 0.29) is 28.7 Å². The van der Waals surface area contributed by atoms with Crippen LogP contribution in [0.25, 0.3) is 11.0 Å². The van der Waals surface area contributed by atoms with Gasteiger partial charge in [0.15, 0.2) is 12.2 Å². The molecular formula is C16H16F6N4O. The first kappa shape index (κ1) is 19.5. The van der Waals surface area contributed by atoms with E-state index in [1.54, 1.807) is 0 Å². The first-order valence-corrected chi connectivity index (χ1v) is 8.17. The molecule has 1 amide bonds. The zero-order chi connectivity index (χ0) is 19.8. The zero-order valence-corrected chi connectivity index (χ0v) is 13.9. The van der Waals surface area contributed by atoms with Crippen molar-refractivity contribution in [3.05, 3.63) is 30.1 Å². The molecule has 3 rings (SSSR count). The molecule has 2 aromatic rings. The van der Waals surface area contributed by atoms with Crippen LogP contribution in [-0.2, 0) is 11.0 Å². The lowest BCUT2D eigenvalue weighted by Crippen LogP contribution is -2.51. The Bertz CT molecular complexity index is 815. The summed E-state index contributed by atoms with van der Waals surface area (Å²) in [6.07, 6.45) is -11.8. The number of amides is 1. The van der Waals surface area contributed by atoms with Crippen LogP contribution in [0.3, 0.4) is 0 Å². The Labute approximate surface area is 149 Å². The number of aromatic nitrogens is 2. The summed E-state index contributed by atoms with van der Waals surface area (Å²) in [7, 11) is 0. The van der Waals surface area contributed by atoms with Gasteiger partial charge in [-0.3, -0.25) is 4.79 Å². The maximum atomic E-state index is 14.4. The van der Waals surface area contributed by atoms with Crippen LogP contribution in [0.15, 0.2) is 24.3 Å². The number of hydrogen-bond donors (Lipinski definition) is 1. The minimum absolute atomic E-state index is 0.0826. The van der Waals surface area contributed by atoms with Gasteiger partial charge in [-0.15, -0.1) is 0 Å². The van der Waals surface area contributed by atoms with Crippen LogP contribution in [0.2, 0.25) is 0 Å². The number of rotatable bonds is 4. The highest BCUT2D eigenvalue weighted by Crippen LogP contribution is 2.36. The number of imidazole rings is 1. The smallest absolute Gasteiger partial charge is 0.338 e. The van der Waals surface area contributed by atoms with Crippen LogP contribution < -0.4 is 5.32 Å². The number of benzene rings is 1. The topological polar surface area (TPSA) is 50.2 Å². The average molecular weight is 394 g/mol. The Hall–Kier alpha value is -2.30. The molecule has 5 nitrogen and oxygen atoms in total. The highest BCUT2D eigenvalue weighted by Gasteiger charge is 2.46. The summed E-state index contributed by atoms with van der Waals surface area (Å²) in [6.45, 7) is 0.834. The van der Waals surface area contributed by atoms with Crippen molar-refractivity contribution in [3.63, 3.8) is 0 Å². The standard InChI is InChI=1S/C16H16F6N4O/c17-11(13(18)19)12(14(27)25-7-5-23-6-8-25)26-10-4-2-1-3-9(10)24-15(26)16(20,21)22/h1-4,11-13,23H,5-8H2. The van der Waals surface area contributed by atoms with Crippen LogP contribution in [0, 0.1) is 0 Å². The quantitative estimate of drug-likeness (QED) is 0.812. The lowest BCUT2D eigenvalue weighted by Gasteiger charge is -2.33. The fraction of sp³-hybridized carbons (Fsp3) is 0.500. The van der Waals surface area contributed by atoms with Crippen molar-refractivity contribution in [2.75, 3.05) is 26.2 Å². The number of halogens is 6. The Kier molecular flexibility index (Phi) is 5.31. The molecule has 1 saturated heterocycles. The molecule has 2 atom stereocenters. The predicted molar refractivity (Wildman–Crippen MR) is 84.1 cm³/mol. The fourth-order valence-electron chi connectivity index (χ4n) is 3.13. The number of alkyl halides is 6. The predicted octanol–water partition coefficient (Wildman–Crippen LogP) is 2.63. The molecule has 0 bridgehead atoms. The van der Waals surface area contributed by atoms with Crippen molar-refractivity contribution in [1.29, 1.82) is 0 Å². The SMILES string of the molecule is O=C(C(C(F)C(F)F)n1c(C(F)(F)F)nc2ccccc21)N1CCNCC1. The van der Waals surface area contributed by atoms with Crippen LogP contribution in [0.1, 0.15) is 11.9 Å². The number of piperazine rings is 1. The third-order valence-electron chi connectivity index (χ3n) is 4.35. The van der Waals surface area contributed by atoms with Crippen LogP contribution in [0.5, 0.6) is 0 Å². The van der Waals surface area contributed by atoms with E-state index in [2.05, 4.69) is 10.3 Å². The van der Waals surface area contributed by atoms with Gasteiger partial charge in [0, 0.05) is 26.2 Å². The van der Waals surface area contributed by atoms with Crippen LogP contribution >= 0.6 is 0 Å². The van der Waals surface area contributed by atoms with Crippen molar-refractivity contribution >= 4 is 16.9 Å². The van der Waals surface area contributed by atoms with Gasteiger partial charge in [-0.2, -0.15) is 13.2 Å². The Balaban J connectivity index is 2.18. The maximum absolute atomic E-state index is 14.4. The third kappa shape index (κ3) is 3.73. The Morgan fingerprint density at radius 1 is 1.11 bits per heavy atom. The summed E-state index contributed by atoms with van der Waals surface area (Å²) < 4.78 is 81.5. The summed E-state index contributed by atoms with van der Waals surface area (Å²) in [5.74, 6) is -2.71. The molecule has 148 valence electrons. The van der Waals surface area contributed by atoms with Crippen molar-refractivity contribution in [2.45, 2.75) is 24.8 Å². The lowest BCUT2D eigenvalue weighted by molar-refractivity contribution is -0.152. The summed E-state index contributed by atoms with van der Waals surface area (Å²) >= 11 is 0. The summed E-state index contributed by atoms with van der Waals surface area (Å²) in [6, 6.07) is 2.83. The molecule has 1 aliphatic heterocycles. The molecule has 0 spiro atoms. The highest BCUT2D eigenvalue weighted by molar-refractivity contribution is 5.85. The van der Waals surface area contributed by atoms with Crippen LogP contribution in [-0.4, -0.2) is 59.1 Å². The monoisotopic (exact) mass is 394 g/mol. The second kappa shape index (κ2) is 7.37. The van der Waals surface area contributed by atoms with E-state index < -0.39 is 36.5 Å². The van der Waals surface area contributed by atoms with E-state index in [0.29, 0.717) is 13.1 Å². The van der Waals surface area contributed by atoms with E-state index in [1.165, 1.54) is 24.3 Å².